The Hall–Kier alpha value is -1.51. The van der Waals surface area contributed by atoms with Gasteiger partial charge in [-0.2, -0.15) is 0 Å². The minimum Gasteiger partial charge on any atom is -0.462 e. The third-order valence-electron chi connectivity index (χ3n) is 4.73. The summed E-state index contributed by atoms with van der Waals surface area (Å²) in [7, 11) is 0. The highest BCUT2D eigenvalue weighted by Gasteiger charge is 2.12. The molecule has 1 aromatic rings. The summed E-state index contributed by atoms with van der Waals surface area (Å²) in [6.07, 6.45) is 8.89. The average molecular weight is 334 g/mol. The first-order valence-electron chi connectivity index (χ1n) is 9.68. The van der Waals surface area contributed by atoms with Crippen molar-refractivity contribution < 1.29 is 9.53 Å². The van der Waals surface area contributed by atoms with Gasteiger partial charge in [0, 0.05) is 11.7 Å². The van der Waals surface area contributed by atoms with Crippen LogP contribution in [0.5, 0.6) is 0 Å². The highest BCUT2D eigenvalue weighted by molar-refractivity contribution is 5.89. The Morgan fingerprint density at radius 1 is 1.00 bits per heavy atom. The summed E-state index contributed by atoms with van der Waals surface area (Å²) < 4.78 is 5.02. The number of anilines is 1. The summed E-state index contributed by atoms with van der Waals surface area (Å²) >= 11 is 0. The van der Waals surface area contributed by atoms with Crippen molar-refractivity contribution in [2.75, 3.05) is 11.9 Å². The molecule has 0 fully saturated rings. The lowest BCUT2D eigenvalue weighted by atomic mass is 9.92. The second kappa shape index (κ2) is 11.9. The van der Waals surface area contributed by atoms with E-state index in [0.717, 1.165) is 18.0 Å². The SMILES string of the molecule is CCCCC(CC)CCC(CC)Nc1ccc(C(=O)OCC)cc1. The lowest BCUT2D eigenvalue weighted by Gasteiger charge is -2.21. The minimum atomic E-state index is -0.252. The Morgan fingerprint density at radius 2 is 1.71 bits per heavy atom. The van der Waals surface area contributed by atoms with E-state index in [0.29, 0.717) is 18.2 Å². The number of hydrogen-bond acceptors (Lipinski definition) is 3. The van der Waals surface area contributed by atoms with Gasteiger partial charge in [-0.15, -0.1) is 0 Å². The summed E-state index contributed by atoms with van der Waals surface area (Å²) in [6, 6.07) is 8.12. The molecule has 2 atom stereocenters. The molecule has 0 spiro atoms. The van der Waals surface area contributed by atoms with E-state index in [9.17, 15) is 4.79 Å². The fraction of sp³-hybridized carbons (Fsp3) is 0.667. The van der Waals surface area contributed by atoms with Gasteiger partial charge in [-0.25, -0.2) is 4.79 Å². The number of ether oxygens (including phenoxy) is 1. The van der Waals surface area contributed by atoms with Crippen molar-refractivity contribution in [2.24, 2.45) is 5.92 Å². The molecule has 2 unspecified atom stereocenters. The van der Waals surface area contributed by atoms with Gasteiger partial charge in [0.05, 0.1) is 12.2 Å². The number of hydrogen-bond donors (Lipinski definition) is 1. The first-order chi connectivity index (χ1) is 11.6. The molecule has 0 radical (unpaired) electrons. The highest BCUT2D eigenvalue weighted by Crippen LogP contribution is 2.22. The average Bonchev–Trinajstić information content (AvgIpc) is 2.61. The van der Waals surface area contributed by atoms with Crippen molar-refractivity contribution in [2.45, 2.75) is 78.7 Å². The molecule has 0 aliphatic carbocycles. The standard InChI is InChI=1S/C21H35NO2/c1-5-9-10-17(6-2)11-14-19(7-3)22-20-15-12-18(13-16-20)21(23)24-8-4/h12-13,15-17,19,22H,5-11,14H2,1-4H3. The topological polar surface area (TPSA) is 38.3 Å². The van der Waals surface area contributed by atoms with Crippen LogP contribution in [0, 0.1) is 5.92 Å². The van der Waals surface area contributed by atoms with Crippen LogP contribution in [0.4, 0.5) is 5.69 Å². The van der Waals surface area contributed by atoms with Gasteiger partial charge in [0.2, 0.25) is 0 Å². The molecule has 0 amide bonds. The zero-order valence-corrected chi connectivity index (χ0v) is 15.9. The Morgan fingerprint density at radius 3 is 2.25 bits per heavy atom. The molecule has 0 bridgehead atoms. The first-order valence-corrected chi connectivity index (χ1v) is 9.68. The van der Waals surface area contributed by atoms with Crippen molar-refractivity contribution in [1.29, 1.82) is 0 Å². The van der Waals surface area contributed by atoms with Gasteiger partial charge in [0.15, 0.2) is 0 Å². The molecular weight excluding hydrogens is 298 g/mol. The molecule has 1 aromatic carbocycles. The summed E-state index contributed by atoms with van der Waals surface area (Å²) in [5.74, 6) is 0.602. The van der Waals surface area contributed by atoms with Crippen molar-refractivity contribution in [3.05, 3.63) is 29.8 Å². The Balaban J connectivity index is 2.50. The van der Waals surface area contributed by atoms with E-state index in [1.807, 2.05) is 31.2 Å². The lowest BCUT2D eigenvalue weighted by molar-refractivity contribution is 0.0526. The van der Waals surface area contributed by atoms with E-state index in [1.54, 1.807) is 0 Å². The first kappa shape index (κ1) is 20.5. The number of nitrogens with one attached hydrogen (secondary N) is 1. The van der Waals surface area contributed by atoms with Crippen LogP contribution in [0.2, 0.25) is 0 Å². The molecule has 0 saturated carbocycles. The van der Waals surface area contributed by atoms with E-state index in [2.05, 4.69) is 26.1 Å². The van der Waals surface area contributed by atoms with E-state index in [4.69, 9.17) is 4.74 Å². The molecule has 0 aliphatic rings. The molecular formula is C21H35NO2. The number of carbonyl (C=O) groups is 1. The largest absolute Gasteiger partial charge is 0.462 e. The molecule has 0 aromatic heterocycles. The van der Waals surface area contributed by atoms with E-state index in [1.165, 1.54) is 38.5 Å². The van der Waals surface area contributed by atoms with Crippen LogP contribution in [-0.2, 0) is 4.74 Å². The van der Waals surface area contributed by atoms with Gasteiger partial charge in [-0.3, -0.25) is 0 Å². The molecule has 0 aliphatic heterocycles. The molecule has 1 rings (SSSR count). The Bertz CT molecular complexity index is 455. The number of benzene rings is 1. The van der Waals surface area contributed by atoms with E-state index >= 15 is 0 Å². The van der Waals surface area contributed by atoms with Crippen LogP contribution in [0.1, 0.15) is 83.0 Å². The van der Waals surface area contributed by atoms with Gasteiger partial charge in [-0.05, 0) is 56.4 Å². The van der Waals surface area contributed by atoms with Crippen molar-refractivity contribution in [3.63, 3.8) is 0 Å². The molecule has 0 saturated heterocycles. The second-order valence-corrected chi connectivity index (χ2v) is 6.54. The number of unbranched alkanes of at least 4 members (excludes halogenated alkanes) is 1. The van der Waals surface area contributed by atoms with E-state index in [-0.39, 0.29) is 5.97 Å². The van der Waals surface area contributed by atoms with Crippen molar-refractivity contribution in [3.8, 4) is 0 Å². The summed E-state index contributed by atoms with van der Waals surface area (Å²) in [6.45, 7) is 9.04. The fourth-order valence-electron chi connectivity index (χ4n) is 3.01. The maximum Gasteiger partial charge on any atom is 0.338 e. The number of esters is 1. The fourth-order valence-corrected chi connectivity index (χ4v) is 3.01. The molecule has 1 N–H and O–H groups in total. The van der Waals surface area contributed by atoms with Crippen LogP contribution in [-0.4, -0.2) is 18.6 Å². The molecule has 136 valence electrons. The maximum atomic E-state index is 11.7. The number of carbonyl (C=O) groups excluding carboxylic acids is 1. The van der Waals surface area contributed by atoms with Gasteiger partial charge >= 0.3 is 5.97 Å². The normalized spacial score (nSPS) is 13.3. The molecule has 3 nitrogen and oxygen atoms in total. The zero-order valence-electron chi connectivity index (χ0n) is 15.9. The predicted octanol–water partition coefficient (Wildman–Crippen LogP) is 6.05. The third-order valence-corrected chi connectivity index (χ3v) is 4.73. The van der Waals surface area contributed by atoms with E-state index < -0.39 is 0 Å². The Labute approximate surface area is 148 Å². The lowest BCUT2D eigenvalue weighted by Crippen LogP contribution is -2.19. The second-order valence-electron chi connectivity index (χ2n) is 6.54. The van der Waals surface area contributed by atoms with Gasteiger partial charge in [-0.1, -0.05) is 46.5 Å². The van der Waals surface area contributed by atoms with Gasteiger partial charge in [0.1, 0.15) is 0 Å². The van der Waals surface area contributed by atoms with Crippen LogP contribution in [0.3, 0.4) is 0 Å². The van der Waals surface area contributed by atoms with Crippen LogP contribution in [0.15, 0.2) is 24.3 Å². The predicted molar refractivity (Wildman–Crippen MR) is 103 cm³/mol. The monoisotopic (exact) mass is 333 g/mol. The van der Waals surface area contributed by atoms with Crippen molar-refractivity contribution in [1.82, 2.24) is 0 Å². The van der Waals surface area contributed by atoms with Crippen molar-refractivity contribution >= 4 is 11.7 Å². The Kier molecular flexibility index (Phi) is 10.2. The molecule has 0 heterocycles. The summed E-state index contributed by atoms with van der Waals surface area (Å²) in [5.41, 5.74) is 1.69. The maximum absolute atomic E-state index is 11.7. The zero-order chi connectivity index (χ0) is 17.8. The quantitative estimate of drug-likeness (QED) is 0.473. The van der Waals surface area contributed by atoms with Gasteiger partial charge < -0.3 is 10.1 Å². The minimum absolute atomic E-state index is 0.252. The number of rotatable bonds is 12. The third kappa shape index (κ3) is 7.37. The molecule has 24 heavy (non-hydrogen) atoms. The highest BCUT2D eigenvalue weighted by atomic mass is 16.5. The van der Waals surface area contributed by atoms with Crippen LogP contribution >= 0.6 is 0 Å². The molecule has 3 heteroatoms. The van der Waals surface area contributed by atoms with Crippen LogP contribution in [0.25, 0.3) is 0 Å². The smallest absolute Gasteiger partial charge is 0.338 e. The van der Waals surface area contributed by atoms with Crippen LogP contribution < -0.4 is 5.32 Å². The summed E-state index contributed by atoms with van der Waals surface area (Å²) in [5, 5.41) is 3.61. The summed E-state index contributed by atoms with van der Waals surface area (Å²) in [4.78, 5) is 11.7. The van der Waals surface area contributed by atoms with Gasteiger partial charge in [0.25, 0.3) is 0 Å².